The Balaban J connectivity index is 2.69. The van der Waals surface area contributed by atoms with Gasteiger partial charge in [-0.2, -0.15) is 0 Å². The fourth-order valence-electron chi connectivity index (χ4n) is 8.37. The second-order valence-corrected chi connectivity index (χ2v) is 19.6. The number of aliphatic hydroxyl groups excluding tert-OH is 2. The van der Waals surface area contributed by atoms with Crippen LogP contribution in [0.5, 0.6) is 0 Å². The predicted octanol–water partition coefficient (Wildman–Crippen LogP) is 14.2. The summed E-state index contributed by atoms with van der Waals surface area (Å²) in [5, 5.41) is 31.4. The summed E-state index contributed by atoms with van der Waals surface area (Å²) in [4.78, 5) is 51.0. The highest BCUT2D eigenvalue weighted by molar-refractivity contribution is 5.74. The van der Waals surface area contributed by atoms with Crippen LogP contribution >= 0.6 is 0 Å². The SMILES string of the molecule is CCCC/C=C\CCCCCCCC(=O)OC(COC(=O)CCCCCCC/C=C\CCCCCC)COC1OC(C(=O)O)C(O)C(O)C1OC(=O)CCCCCCCCC/C=C\C/C=C\CCCCC. The minimum atomic E-state index is -1.91. The minimum absolute atomic E-state index is 0.0507. The molecule has 1 heterocycles. The fourth-order valence-corrected chi connectivity index (χ4v) is 8.37. The van der Waals surface area contributed by atoms with E-state index >= 15 is 0 Å². The van der Waals surface area contributed by atoms with Gasteiger partial charge in [0.15, 0.2) is 24.6 Å². The first-order valence-corrected chi connectivity index (χ1v) is 28.6. The lowest BCUT2D eigenvalue weighted by molar-refractivity contribution is -0.301. The van der Waals surface area contributed by atoms with Crippen LogP contribution < -0.4 is 0 Å². The number of aliphatic carboxylic acids is 1. The molecule has 0 radical (unpaired) electrons. The van der Waals surface area contributed by atoms with E-state index in [-0.39, 0.29) is 25.9 Å². The summed E-state index contributed by atoms with van der Waals surface area (Å²) < 4.78 is 28.3. The van der Waals surface area contributed by atoms with Gasteiger partial charge in [-0.25, -0.2) is 4.79 Å². The summed E-state index contributed by atoms with van der Waals surface area (Å²) in [7, 11) is 0. The topological polar surface area (TPSA) is 175 Å². The Hall–Kier alpha value is -3.32. The predicted molar refractivity (Wildman–Crippen MR) is 285 cm³/mol. The lowest BCUT2D eigenvalue weighted by Crippen LogP contribution is -2.61. The van der Waals surface area contributed by atoms with E-state index in [0.717, 1.165) is 135 Å². The van der Waals surface area contributed by atoms with Gasteiger partial charge in [-0.1, -0.05) is 185 Å². The standard InChI is InChI=1S/C59H102O12/c1-4-7-10-13-16-19-22-24-25-26-27-29-32-35-38-41-44-47-53(62)70-57-55(64)54(63)56(58(65)66)71-59(57)68-49-50(69-52(61)46-43-40-37-34-30-21-18-15-12-9-6-3)48-67-51(60)45-42-39-36-33-31-28-23-20-17-14-11-8-5-2/h15-16,18-20,23-25,50,54-57,59,63-64H,4-14,17,21-22,26-49H2,1-3H3,(H,65,66)/b18-15-,19-16-,23-20-,25-24-. The molecule has 12 heteroatoms. The average molecular weight is 1000 g/mol. The summed E-state index contributed by atoms with van der Waals surface area (Å²) >= 11 is 0. The highest BCUT2D eigenvalue weighted by Crippen LogP contribution is 2.26. The molecule has 0 aromatic carbocycles. The van der Waals surface area contributed by atoms with E-state index in [9.17, 15) is 34.5 Å². The monoisotopic (exact) mass is 1000 g/mol. The fraction of sp³-hybridized carbons (Fsp3) is 0.797. The number of esters is 3. The van der Waals surface area contributed by atoms with Crippen molar-refractivity contribution >= 4 is 23.9 Å². The van der Waals surface area contributed by atoms with Crippen molar-refractivity contribution in [3.05, 3.63) is 48.6 Å². The third-order valence-electron chi connectivity index (χ3n) is 12.8. The van der Waals surface area contributed by atoms with Crippen LogP contribution in [0.3, 0.4) is 0 Å². The maximum Gasteiger partial charge on any atom is 0.335 e. The molecule has 71 heavy (non-hydrogen) atoms. The van der Waals surface area contributed by atoms with Crippen molar-refractivity contribution in [3.8, 4) is 0 Å². The van der Waals surface area contributed by atoms with E-state index in [4.69, 9.17) is 23.7 Å². The molecule has 410 valence electrons. The number of carboxylic acids is 1. The molecule has 1 rings (SSSR count). The Morgan fingerprint density at radius 3 is 1.35 bits per heavy atom. The van der Waals surface area contributed by atoms with Gasteiger partial charge in [0.2, 0.25) is 0 Å². The molecule has 3 N–H and O–H groups in total. The average Bonchev–Trinajstić information content (AvgIpc) is 3.35. The number of allylic oxidation sites excluding steroid dienone is 8. The molecule has 1 aliphatic heterocycles. The van der Waals surface area contributed by atoms with Crippen LogP contribution in [0.1, 0.15) is 252 Å². The number of hydrogen-bond acceptors (Lipinski definition) is 11. The van der Waals surface area contributed by atoms with Crippen molar-refractivity contribution < 1.29 is 58.2 Å². The van der Waals surface area contributed by atoms with Crippen molar-refractivity contribution in [2.75, 3.05) is 13.2 Å². The maximum atomic E-state index is 13.1. The Labute approximate surface area is 431 Å². The van der Waals surface area contributed by atoms with E-state index in [1.807, 2.05) is 0 Å². The van der Waals surface area contributed by atoms with Gasteiger partial charge < -0.3 is 39.0 Å². The van der Waals surface area contributed by atoms with Crippen LogP contribution in [0, 0.1) is 0 Å². The van der Waals surface area contributed by atoms with Gasteiger partial charge in [0.05, 0.1) is 6.61 Å². The lowest BCUT2D eigenvalue weighted by atomic mass is 9.98. The second kappa shape index (κ2) is 47.7. The number of ether oxygens (including phenoxy) is 5. The molecule has 0 bridgehead atoms. The van der Waals surface area contributed by atoms with Crippen LogP contribution in [0.15, 0.2) is 48.6 Å². The number of hydrogen-bond donors (Lipinski definition) is 3. The zero-order valence-corrected chi connectivity index (χ0v) is 45.0. The Morgan fingerprint density at radius 1 is 0.465 bits per heavy atom. The van der Waals surface area contributed by atoms with Crippen molar-refractivity contribution in [1.82, 2.24) is 0 Å². The molecule has 0 spiro atoms. The highest BCUT2D eigenvalue weighted by Gasteiger charge is 2.50. The van der Waals surface area contributed by atoms with Crippen LogP contribution in [0.25, 0.3) is 0 Å². The molecule has 0 aromatic rings. The van der Waals surface area contributed by atoms with Gasteiger partial charge in [0, 0.05) is 19.3 Å². The van der Waals surface area contributed by atoms with Gasteiger partial charge >= 0.3 is 23.9 Å². The third kappa shape index (κ3) is 38.0. The first kappa shape index (κ1) is 65.7. The van der Waals surface area contributed by atoms with E-state index < -0.39 is 67.3 Å². The first-order chi connectivity index (χ1) is 34.6. The molecular weight excluding hydrogens is 901 g/mol. The van der Waals surface area contributed by atoms with Gasteiger partial charge in [-0.15, -0.1) is 0 Å². The number of carboxylic acid groups (broad SMARTS) is 1. The molecular formula is C59H102O12. The molecule has 1 saturated heterocycles. The number of aliphatic hydroxyl groups is 2. The van der Waals surface area contributed by atoms with E-state index in [1.165, 1.54) is 57.8 Å². The highest BCUT2D eigenvalue weighted by atomic mass is 16.7. The zero-order valence-electron chi connectivity index (χ0n) is 45.0. The molecule has 0 aromatic heterocycles. The normalized spacial score (nSPS) is 18.8. The van der Waals surface area contributed by atoms with E-state index in [1.54, 1.807) is 0 Å². The van der Waals surface area contributed by atoms with Gasteiger partial charge in [-0.05, 0) is 96.3 Å². The molecule has 1 aliphatic rings. The minimum Gasteiger partial charge on any atom is -0.479 e. The van der Waals surface area contributed by atoms with E-state index in [2.05, 4.69) is 69.4 Å². The summed E-state index contributed by atoms with van der Waals surface area (Å²) in [6.45, 7) is 5.89. The Kier molecular flexibility index (Phi) is 44.1. The Bertz CT molecular complexity index is 1420. The van der Waals surface area contributed by atoms with Crippen molar-refractivity contribution in [1.29, 1.82) is 0 Å². The van der Waals surface area contributed by atoms with Crippen LogP contribution in [-0.2, 0) is 42.9 Å². The molecule has 1 fully saturated rings. The summed E-state index contributed by atoms with van der Waals surface area (Å²) in [6, 6.07) is 0. The molecule has 6 atom stereocenters. The van der Waals surface area contributed by atoms with Crippen LogP contribution in [0.2, 0.25) is 0 Å². The van der Waals surface area contributed by atoms with Crippen LogP contribution in [-0.4, -0.2) is 89.2 Å². The summed E-state index contributed by atoms with van der Waals surface area (Å²) in [5.74, 6) is -3.14. The largest absolute Gasteiger partial charge is 0.479 e. The van der Waals surface area contributed by atoms with Crippen molar-refractivity contribution in [2.24, 2.45) is 0 Å². The first-order valence-electron chi connectivity index (χ1n) is 28.6. The molecule has 0 amide bonds. The number of unbranched alkanes of at least 4 members (excludes halogenated alkanes) is 26. The number of carbonyl (C=O) groups is 4. The quantitative estimate of drug-likeness (QED) is 0.0228. The number of rotatable bonds is 48. The Morgan fingerprint density at radius 2 is 0.859 bits per heavy atom. The van der Waals surface area contributed by atoms with Gasteiger partial charge in [-0.3, -0.25) is 14.4 Å². The van der Waals surface area contributed by atoms with Crippen molar-refractivity contribution in [3.63, 3.8) is 0 Å². The van der Waals surface area contributed by atoms with Gasteiger partial charge in [0.1, 0.15) is 18.8 Å². The zero-order chi connectivity index (χ0) is 51.8. The summed E-state index contributed by atoms with van der Waals surface area (Å²) in [6.07, 6.45) is 43.7. The summed E-state index contributed by atoms with van der Waals surface area (Å²) in [5.41, 5.74) is 0. The number of carbonyl (C=O) groups excluding carboxylic acids is 3. The third-order valence-corrected chi connectivity index (χ3v) is 12.8. The molecule has 0 saturated carbocycles. The molecule has 0 aliphatic carbocycles. The van der Waals surface area contributed by atoms with Crippen LogP contribution in [0.4, 0.5) is 0 Å². The molecule has 12 nitrogen and oxygen atoms in total. The smallest absolute Gasteiger partial charge is 0.335 e. The molecule has 6 unspecified atom stereocenters. The second-order valence-electron chi connectivity index (χ2n) is 19.6. The van der Waals surface area contributed by atoms with E-state index in [0.29, 0.717) is 19.3 Å². The lowest BCUT2D eigenvalue weighted by Gasteiger charge is -2.40. The van der Waals surface area contributed by atoms with Gasteiger partial charge in [0.25, 0.3) is 0 Å². The van der Waals surface area contributed by atoms with Crippen molar-refractivity contribution in [2.45, 2.75) is 289 Å². The maximum absolute atomic E-state index is 13.1.